The summed E-state index contributed by atoms with van der Waals surface area (Å²) in [6.45, 7) is 14.1. The summed E-state index contributed by atoms with van der Waals surface area (Å²) in [5, 5.41) is 16.0. The Labute approximate surface area is 115 Å². The molecule has 0 bridgehead atoms. The maximum Gasteiger partial charge on any atom is 0.188 e. The van der Waals surface area contributed by atoms with Crippen LogP contribution in [0.1, 0.15) is 40.4 Å². The van der Waals surface area contributed by atoms with Gasteiger partial charge in [0.1, 0.15) is 0 Å². The number of hydrogen-bond acceptors (Lipinski definition) is 5. The van der Waals surface area contributed by atoms with Crippen LogP contribution in [0.15, 0.2) is 0 Å². The predicted molar refractivity (Wildman–Crippen MR) is 74.5 cm³/mol. The average Bonchev–Trinajstić information content (AvgIpc) is 2.65. The number of nitrogens with one attached hydrogen (secondary N) is 1. The van der Waals surface area contributed by atoms with Gasteiger partial charge in [-0.05, 0) is 24.5 Å². The predicted octanol–water partition coefficient (Wildman–Crippen LogP) is 0.809. The summed E-state index contributed by atoms with van der Waals surface area (Å²) in [4.78, 5) is 3.97. The fourth-order valence-corrected chi connectivity index (χ4v) is 2.43. The summed E-state index contributed by atoms with van der Waals surface area (Å²) in [7, 11) is 1.80. The van der Waals surface area contributed by atoms with Gasteiger partial charge in [-0.2, -0.15) is 4.80 Å². The molecule has 0 amide bonds. The molecular formula is C13H26N6. The van der Waals surface area contributed by atoms with E-state index in [1.54, 1.807) is 7.05 Å². The number of tetrazole rings is 1. The first kappa shape index (κ1) is 14.4. The molecule has 108 valence electrons. The van der Waals surface area contributed by atoms with Crippen molar-refractivity contribution >= 4 is 0 Å². The third kappa shape index (κ3) is 3.30. The van der Waals surface area contributed by atoms with E-state index in [0.717, 1.165) is 25.5 Å². The summed E-state index contributed by atoms with van der Waals surface area (Å²) >= 11 is 0. The summed E-state index contributed by atoms with van der Waals surface area (Å²) in [6.07, 6.45) is 0. The van der Waals surface area contributed by atoms with Gasteiger partial charge in [-0.15, -0.1) is 10.2 Å². The van der Waals surface area contributed by atoms with Gasteiger partial charge < -0.3 is 5.32 Å². The van der Waals surface area contributed by atoms with Crippen LogP contribution < -0.4 is 5.32 Å². The first-order chi connectivity index (χ1) is 8.68. The third-order valence-corrected chi connectivity index (χ3v) is 3.97. The maximum absolute atomic E-state index is 4.29. The highest BCUT2D eigenvalue weighted by molar-refractivity contribution is 4.98. The van der Waals surface area contributed by atoms with Gasteiger partial charge in [-0.1, -0.05) is 20.8 Å². The van der Waals surface area contributed by atoms with Crippen molar-refractivity contribution in [3.8, 4) is 0 Å². The average molecular weight is 266 g/mol. The summed E-state index contributed by atoms with van der Waals surface area (Å²) < 4.78 is 0. The van der Waals surface area contributed by atoms with Crippen molar-refractivity contribution in [2.24, 2.45) is 12.5 Å². The molecule has 2 heterocycles. The zero-order chi connectivity index (χ0) is 14.3. The number of rotatable bonds is 2. The van der Waals surface area contributed by atoms with E-state index in [0.29, 0.717) is 6.04 Å². The molecule has 0 saturated carbocycles. The van der Waals surface area contributed by atoms with Crippen LogP contribution in [0.25, 0.3) is 0 Å². The largest absolute Gasteiger partial charge is 0.310 e. The summed E-state index contributed by atoms with van der Waals surface area (Å²) in [6, 6.07) is 0.484. The zero-order valence-corrected chi connectivity index (χ0v) is 12.9. The Hall–Kier alpha value is -1.01. The van der Waals surface area contributed by atoms with Crippen molar-refractivity contribution in [1.82, 2.24) is 30.4 Å². The molecule has 1 saturated heterocycles. The van der Waals surface area contributed by atoms with Crippen LogP contribution in [0, 0.1) is 5.41 Å². The lowest BCUT2D eigenvalue weighted by molar-refractivity contribution is 0.0276. The molecule has 1 fully saturated rings. The van der Waals surface area contributed by atoms with Crippen LogP contribution in [0.2, 0.25) is 0 Å². The molecular weight excluding hydrogens is 240 g/mol. The second-order valence-corrected chi connectivity index (χ2v) is 7.19. The highest BCUT2D eigenvalue weighted by Crippen LogP contribution is 2.28. The minimum absolute atomic E-state index is 0.112. The summed E-state index contributed by atoms with van der Waals surface area (Å²) in [5.41, 5.74) is 0.367. The molecule has 1 atom stereocenters. The van der Waals surface area contributed by atoms with Gasteiger partial charge in [-0.25, -0.2) is 0 Å². The van der Waals surface area contributed by atoms with Crippen molar-refractivity contribution in [2.75, 3.05) is 13.1 Å². The Morgan fingerprint density at radius 1 is 1.37 bits per heavy atom. The standard InChI is InChI=1S/C13H26N6/c1-12(2,3)10-7-19(13(4,5)9-14-10)8-11-15-17-18(6)16-11/h10,14H,7-9H2,1-6H3. The molecule has 1 unspecified atom stereocenters. The smallest absolute Gasteiger partial charge is 0.188 e. The van der Waals surface area contributed by atoms with E-state index in [-0.39, 0.29) is 11.0 Å². The molecule has 0 radical (unpaired) electrons. The molecule has 19 heavy (non-hydrogen) atoms. The Bertz CT molecular complexity index is 431. The number of piperazine rings is 1. The van der Waals surface area contributed by atoms with Gasteiger partial charge in [0.2, 0.25) is 0 Å². The van der Waals surface area contributed by atoms with Crippen molar-refractivity contribution in [1.29, 1.82) is 0 Å². The highest BCUT2D eigenvalue weighted by Gasteiger charge is 2.38. The first-order valence-electron chi connectivity index (χ1n) is 6.90. The van der Waals surface area contributed by atoms with Gasteiger partial charge in [0, 0.05) is 24.7 Å². The van der Waals surface area contributed by atoms with Gasteiger partial charge in [0.15, 0.2) is 5.82 Å². The molecule has 1 aromatic heterocycles. The van der Waals surface area contributed by atoms with Crippen LogP contribution in [0.4, 0.5) is 0 Å². The Morgan fingerprint density at radius 3 is 2.58 bits per heavy atom. The first-order valence-corrected chi connectivity index (χ1v) is 6.90. The number of hydrogen-bond donors (Lipinski definition) is 1. The molecule has 2 rings (SSSR count). The van der Waals surface area contributed by atoms with E-state index in [1.807, 2.05) is 0 Å². The Balaban J connectivity index is 2.11. The summed E-state index contributed by atoms with van der Waals surface area (Å²) in [5.74, 6) is 0.796. The molecule has 0 aliphatic carbocycles. The molecule has 0 aromatic carbocycles. The van der Waals surface area contributed by atoms with Gasteiger partial charge in [0.05, 0.1) is 13.6 Å². The number of nitrogens with zero attached hydrogens (tertiary/aromatic N) is 5. The SMILES string of the molecule is Cn1nnc(CN2CC(C(C)(C)C)NCC2(C)C)n1. The third-order valence-electron chi connectivity index (χ3n) is 3.97. The van der Waals surface area contributed by atoms with Crippen molar-refractivity contribution in [2.45, 2.75) is 52.7 Å². The highest BCUT2D eigenvalue weighted by atomic mass is 15.6. The van der Waals surface area contributed by atoms with Crippen LogP contribution in [0.5, 0.6) is 0 Å². The molecule has 1 aliphatic rings. The van der Waals surface area contributed by atoms with Gasteiger partial charge in [0.25, 0.3) is 0 Å². The minimum atomic E-state index is 0.112. The normalized spacial score (nSPS) is 24.6. The van der Waals surface area contributed by atoms with E-state index in [9.17, 15) is 0 Å². The van der Waals surface area contributed by atoms with E-state index in [2.05, 4.69) is 60.2 Å². The van der Waals surface area contributed by atoms with Crippen molar-refractivity contribution in [3.63, 3.8) is 0 Å². The van der Waals surface area contributed by atoms with Crippen LogP contribution in [0.3, 0.4) is 0 Å². The lowest BCUT2D eigenvalue weighted by Crippen LogP contribution is -2.64. The van der Waals surface area contributed by atoms with Gasteiger partial charge >= 0.3 is 0 Å². The molecule has 0 spiro atoms. The number of aryl methyl sites for hydroxylation is 1. The van der Waals surface area contributed by atoms with E-state index >= 15 is 0 Å². The van der Waals surface area contributed by atoms with Crippen molar-refractivity contribution < 1.29 is 0 Å². The quantitative estimate of drug-likeness (QED) is 0.858. The fourth-order valence-electron chi connectivity index (χ4n) is 2.43. The molecule has 1 aromatic rings. The van der Waals surface area contributed by atoms with E-state index in [4.69, 9.17) is 0 Å². The lowest BCUT2D eigenvalue weighted by atomic mass is 9.83. The molecule has 1 aliphatic heterocycles. The maximum atomic E-state index is 4.29. The van der Waals surface area contributed by atoms with Crippen molar-refractivity contribution in [3.05, 3.63) is 5.82 Å². The van der Waals surface area contributed by atoms with Crippen LogP contribution in [-0.2, 0) is 13.6 Å². The monoisotopic (exact) mass is 266 g/mol. The lowest BCUT2D eigenvalue weighted by Gasteiger charge is -2.49. The topological polar surface area (TPSA) is 58.9 Å². The van der Waals surface area contributed by atoms with Crippen LogP contribution in [-0.4, -0.2) is 49.8 Å². The number of aromatic nitrogens is 4. The second-order valence-electron chi connectivity index (χ2n) is 7.19. The fraction of sp³-hybridized carbons (Fsp3) is 0.923. The Kier molecular flexibility index (Phi) is 3.66. The van der Waals surface area contributed by atoms with Gasteiger partial charge in [-0.3, -0.25) is 4.90 Å². The Morgan fingerprint density at radius 2 is 2.05 bits per heavy atom. The molecule has 6 heteroatoms. The molecule has 6 nitrogen and oxygen atoms in total. The van der Waals surface area contributed by atoms with E-state index < -0.39 is 0 Å². The van der Waals surface area contributed by atoms with E-state index in [1.165, 1.54) is 4.80 Å². The minimum Gasteiger partial charge on any atom is -0.310 e. The second kappa shape index (κ2) is 4.83. The zero-order valence-electron chi connectivity index (χ0n) is 12.9. The van der Waals surface area contributed by atoms with Crippen LogP contribution >= 0.6 is 0 Å². The molecule has 1 N–H and O–H groups in total.